The first-order valence-electron chi connectivity index (χ1n) is 4.04. The van der Waals surface area contributed by atoms with Crippen LogP contribution in [0.15, 0.2) is 24.8 Å². The van der Waals surface area contributed by atoms with Crippen LogP contribution in [0.5, 0.6) is 0 Å². The van der Waals surface area contributed by atoms with Crippen LogP contribution in [-0.4, -0.2) is 12.6 Å². The van der Waals surface area contributed by atoms with Gasteiger partial charge in [-0.1, -0.05) is 19.6 Å². The maximum absolute atomic E-state index is 10.9. The summed E-state index contributed by atoms with van der Waals surface area (Å²) in [5.74, 6) is -0.502. The summed E-state index contributed by atoms with van der Waals surface area (Å²) >= 11 is 0. The summed E-state index contributed by atoms with van der Waals surface area (Å²) in [6, 6.07) is 1.63. The Morgan fingerprint density at radius 3 is 2.77 bits per heavy atom. The van der Waals surface area contributed by atoms with Crippen LogP contribution in [0.1, 0.15) is 13.3 Å². The number of rotatable bonds is 5. The van der Waals surface area contributed by atoms with Gasteiger partial charge in [-0.25, -0.2) is 4.79 Å². The number of carbonyl (C=O) groups is 1. The average Bonchev–Trinajstić information content (AvgIpc) is 2.17. The maximum Gasteiger partial charge on any atom is 0.348 e. The van der Waals surface area contributed by atoms with E-state index >= 15 is 0 Å². The third kappa shape index (κ3) is 4.12. The van der Waals surface area contributed by atoms with E-state index in [4.69, 9.17) is 10.00 Å². The molecule has 0 aliphatic carbocycles. The van der Waals surface area contributed by atoms with Crippen LogP contribution in [0.2, 0.25) is 0 Å². The highest BCUT2D eigenvalue weighted by molar-refractivity contribution is 5.91. The predicted octanol–water partition coefficient (Wildman–Crippen LogP) is 1.82. The van der Waals surface area contributed by atoms with Crippen molar-refractivity contribution in [2.24, 2.45) is 5.92 Å². The van der Waals surface area contributed by atoms with E-state index in [2.05, 4.69) is 13.2 Å². The van der Waals surface area contributed by atoms with Gasteiger partial charge in [0.1, 0.15) is 11.6 Å². The molecule has 0 fully saturated rings. The molecule has 0 amide bonds. The number of hydrogen-bond donors (Lipinski definition) is 0. The molecular formula is C10H13NO2. The molecular weight excluding hydrogens is 166 g/mol. The van der Waals surface area contributed by atoms with Crippen molar-refractivity contribution in [3.63, 3.8) is 0 Å². The molecule has 0 aromatic rings. The van der Waals surface area contributed by atoms with E-state index in [1.807, 2.05) is 6.92 Å². The van der Waals surface area contributed by atoms with E-state index in [1.54, 1.807) is 12.1 Å². The predicted molar refractivity (Wildman–Crippen MR) is 49.7 cm³/mol. The van der Waals surface area contributed by atoms with Crippen molar-refractivity contribution < 1.29 is 9.53 Å². The van der Waals surface area contributed by atoms with Crippen LogP contribution in [0.3, 0.4) is 0 Å². The van der Waals surface area contributed by atoms with E-state index in [0.29, 0.717) is 0 Å². The number of ether oxygens (including phenoxy) is 1. The quantitative estimate of drug-likeness (QED) is 0.280. The Morgan fingerprint density at radius 1 is 1.77 bits per heavy atom. The van der Waals surface area contributed by atoms with Gasteiger partial charge >= 0.3 is 5.97 Å². The van der Waals surface area contributed by atoms with E-state index in [9.17, 15) is 4.79 Å². The van der Waals surface area contributed by atoms with Gasteiger partial charge in [-0.2, -0.15) is 5.26 Å². The van der Waals surface area contributed by atoms with Crippen molar-refractivity contribution >= 4 is 5.97 Å². The van der Waals surface area contributed by atoms with E-state index in [1.165, 1.54) is 0 Å². The molecule has 3 nitrogen and oxygen atoms in total. The van der Waals surface area contributed by atoms with E-state index in [-0.39, 0.29) is 18.1 Å². The maximum atomic E-state index is 10.9. The normalized spacial score (nSPS) is 11.1. The third-order valence-electron chi connectivity index (χ3n) is 1.67. The van der Waals surface area contributed by atoms with Crippen molar-refractivity contribution in [1.82, 2.24) is 0 Å². The molecule has 1 unspecified atom stereocenters. The zero-order chi connectivity index (χ0) is 10.3. The van der Waals surface area contributed by atoms with Gasteiger partial charge in [-0.3, -0.25) is 0 Å². The van der Waals surface area contributed by atoms with Gasteiger partial charge in [0.05, 0.1) is 6.61 Å². The fourth-order valence-electron chi connectivity index (χ4n) is 0.668. The molecule has 13 heavy (non-hydrogen) atoms. The smallest absolute Gasteiger partial charge is 0.348 e. The van der Waals surface area contributed by atoms with Crippen LogP contribution in [0, 0.1) is 17.2 Å². The lowest BCUT2D eigenvalue weighted by Gasteiger charge is -2.09. The fraction of sp³-hybridized carbons (Fsp3) is 0.400. The van der Waals surface area contributed by atoms with E-state index < -0.39 is 5.97 Å². The molecule has 0 aromatic carbocycles. The molecule has 0 saturated carbocycles. The van der Waals surface area contributed by atoms with Crippen LogP contribution in [-0.2, 0) is 9.53 Å². The second kappa shape index (κ2) is 6.01. The Morgan fingerprint density at radius 2 is 2.38 bits per heavy atom. The summed E-state index contributed by atoms with van der Waals surface area (Å²) < 4.78 is 4.81. The van der Waals surface area contributed by atoms with Crippen LogP contribution < -0.4 is 0 Å². The highest BCUT2D eigenvalue weighted by Crippen LogP contribution is 2.05. The lowest BCUT2D eigenvalue weighted by molar-refractivity contribution is -0.139. The molecule has 0 aliphatic rings. The number of esters is 1. The molecule has 0 rings (SSSR count). The molecule has 70 valence electrons. The Balaban J connectivity index is 3.90. The molecule has 3 heteroatoms. The summed E-state index contributed by atoms with van der Waals surface area (Å²) in [6.07, 6.45) is 2.58. The Kier molecular flexibility index (Phi) is 5.29. The summed E-state index contributed by atoms with van der Waals surface area (Å²) in [5, 5.41) is 8.31. The van der Waals surface area contributed by atoms with Gasteiger partial charge in [0.2, 0.25) is 0 Å². The summed E-state index contributed by atoms with van der Waals surface area (Å²) in [5.41, 5.74) is -0.168. The average molecular weight is 179 g/mol. The van der Waals surface area contributed by atoms with Gasteiger partial charge in [0.25, 0.3) is 0 Å². The zero-order valence-electron chi connectivity index (χ0n) is 7.75. The first-order valence-corrected chi connectivity index (χ1v) is 4.04. The molecule has 0 N–H and O–H groups in total. The standard InChI is InChI=1S/C10H13NO2/c1-4-9(5-2)7-13-10(12)8(3)6-11/h4,9H,1,3,5,7H2,2H3. The molecule has 0 spiro atoms. The number of carbonyl (C=O) groups excluding carboxylic acids is 1. The van der Waals surface area contributed by atoms with Gasteiger partial charge in [-0.05, 0) is 6.42 Å². The van der Waals surface area contributed by atoms with E-state index in [0.717, 1.165) is 6.42 Å². The Hall–Kier alpha value is -1.56. The Bertz CT molecular complexity index is 250. The molecule has 0 radical (unpaired) electrons. The van der Waals surface area contributed by atoms with Gasteiger partial charge in [0.15, 0.2) is 0 Å². The van der Waals surface area contributed by atoms with Crippen molar-refractivity contribution in [3.05, 3.63) is 24.8 Å². The number of nitrogens with zero attached hydrogens (tertiary/aromatic N) is 1. The van der Waals surface area contributed by atoms with Crippen LogP contribution >= 0.6 is 0 Å². The SMILES string of the molecule is C=CC(CC)COC(=O)C(=C)C#N. The van der Waals surface area contributed by atoms with Gasteiger partial charge in [0, 0.05) is 5.92 Å². The molecule has 0 heterocycles. The topological polar surface area (TPSA) is 50.1 Å². The lowest BCUT2D eigenvalue weighted by Crippen LogP contribution is -2.12. The monoisotopic (exact) mass is 179 g/mol. The fourth-order valence-corrected chi connectivity index (χ4v) is 0.668. The van der Waals surface area contributed by atoms with Crippen molar-refractivity contribution in [3.8, 4) is 6.07 Å². The lowest BCUT2D eigenvalue weighted by atomic mass is 10.1. The highest BCUT2D eigenvalue weighted by atomic mass is 16.5. The summed E-state index contributed by atoms with van der Waals surface area (Å²) in [4.78, 5) is 10.9. The first-order chi connectivity index (χ1) is 6.15. The largest absolute Gasteiger partial charge is 0.461 e. The minimum Gasteiger partial charge on any atom is -0.461 e. The van der Waals surface area contributed by atoms with Crippen LogP contribution in [0.25, 0.3) is 0 Å². The second-order valence-electron chi connectivity index (χ2n) is 2.59. The third-order valence-corrected chi connectivity index (χ3v) is 1.67. The molecule has 0 bridgehead atoms. The highest BCUT2D eigenvalue weighted by Gasteiger charge is 2.09. The molecule has 1 atom stereocenters. The zero-order valence-corrected chi connectivity index (χ0v) is 7.75. The number of nitriles is 1. The Labute approximate surface area is 78.3 Å². The van der Waals surface area contributed by atoms with Crippen molar-refractivity contribution in [2.75, 3.05) is 6.61 Å². The number of hydrogen-bond acceptors (Lipinski definition) is 3. The minimum atomic E-state index is -0.650. The summed E-state index contributed by atoms with van der Waals surface area (Å²) in [7, 11) is 0. The summed E-state index contributed by atoms with van der Waals surface area (Å²) in [6.45, 7) is 9.07. The van der Waals surface area contributed by atoms with Crippen molar-refractivity contribution in [2.45, 2.75) is 13.3 Å². The first kappa shape index (κ1) is 11.4. The van der Waals surface area contributed by atoms with Gasteiger partial charge in [-0.15, -0.1) is 6.58 Å². The van der Waals surface area contributed by atoms with Crippen molar-refractivity contribution in [1.29, 1.82) is 5.26 Å². The van der Waals surface area contributed by atoms with Gasteiger partial charge < -0.3 is 4.74 Å². The second-order valence-corrected chi connectivity index (χ2v) is 2.59. The molecule has 0 saturated heterocycles. The molecule has 0 aromatic heterocycles. The molecule has 0 aliphatic heterocycles. The van der Waals surface area contributed by atoms with Crippen LogP contribution in [0.4, 0.5) is 0 Å². The minimum absolute atomic E-state index is 0.149.